The molecule has 0 saturated carbocycles. The summed E-state index contributed by atoms with van der Waals surface area (Å²) < 4.78 is 0. The van der Waals surface area contributed by atoms with E-state index in [1.807, 2.05) is 0 Å². The van der Waals surface area contributed by atoms with E-state index in [1.165, 1.54) is 6.92 Å². The smallest absolute Gasteiger partial charge is 0.357 e. The molecule has 6 heteroatoms. The van der Waals surface area contributed by atoms with Crippen molar-refractivity contribution in [2.45, 2.75) is 6.92 Å². The van der Waals surface area contributed by atoms with Gasteiger partial charge >= 0.3 is 5.97 Å². The van der Waals surface area contributed by atoms with Gasteiger partial charge in [-0.05, 0) is 18.2 Å². The van der Waals surface area contributed by atoms with Crippen molar-refractivity contribution in [3.63, 3.8) is 0 Å². The predicted octanol–water partition coefficient (Wildman–Crippen LogP) is 1.22. The normalized spacial score (nSPS) is 10.3. The second-order valence-corrected chi connectivity index (χ2v) is 3.32. The number of amides is 1. The highest BCUT2D eigenvalue weighted by Gasteiger charge is 2.12. The number of hydrogen-bond acceptors (Lipinski definition) is 3. The summed E-state index contributed by atoms with van der Waals surface area (Å²) in [7, 11) is 0. The molecular formula is C10H9N3O3. The molecule has 0 bridgehead atoms. The molecule has 2 aromatic rings. The summed E-state index contributed by atoms with van der Waals surface area (Å²) in [4.78, 5) is 21.7. The van der Waals surface area contributed by atoms with Crippen LogP contribution in [0.5, 0.6) is 0 Å². The standard InChI is InChI=1S/C10H9N3O3/c1-5(14)11-6-2-3-8-7(4-6)9(10(15)16)13-12-8/h2-4H,1H3,(H,11,14)(H,12,13)(H,15,16). The number of carbonyl (C=O) groups excluding carboxylic acids is 1. The Balaban J connectivity index is 2.54. The lowest BCUT2D eigenvalue weighted by Crippen LogP contribution is -2.05. The Morgan fingerprint density at radius 2 is 2.19 bits per heavy atom. The number of nitrogens with one attached hydrogen (secondary N) is 2. The fourth-order valence-electron chi connectivity index (χ4n) is 1.46. The zero-order valence-corrected chi connectivity index (χ0v) is 8.44. The summed E-state index contributed by atoms with van der Waals surface area (Å²) in [6.07, 6.45) is 0. The maximum absolute atomic E-state index is 10.9. The number of nitrogens with zero attached hydrogens (tertiary/aromatic N) is 1. The lowest BCUT2D eigenvalue weighted by Gasteiger charge is -2.01. The molecule has 82 valence electrons. The summed E-state index contributed by atoms with van der Waals surface area (Å²) in [6, 6.07) is 4.91. The SMILES string of the molecule is CC(=O)Nc1ccc2[nH]nc(C(=O)O)c2c1. The van der Waals surface area contributed by atoms with Crippen LogP contribution < -0.4 is 5.32 Å². The molecule has 0 radical (unpaired) electrons. The van der Waals surface area contributed by atoms with Gasteiger partial charge in [0, 0.05) is 18.0 Å². The number of aromatic nitrogens is 2. The Hall–Kier alpha value is -2.37. The molecule has 1 aromatic carbocycles. The number of rotatable bonds is 2. The number of anilines is 1. The molecule has 1 aromatic heterocycles. The van der Waals surface area contributed by atoms with E-state index >= 15 is 0 Å². The van der Waals surface area contributed by atoms with E-state index < -0.39 is 5.97 Å². The zero-order chi connectivity index (χ0) is 11.7. The van der Waals surface area contributed by atoms with Crippen LogP contribution in [0.1, 0.15) is 17.4 Å². The number of carbonyl (C=O) groups is 2. The third-order valence-corrected chi connectivity index (χ3v) is 2.09. The molecule has 1 amide bonds. The largest absolute Gasteiger partial charge is 0.476 e. The van der Waals surface area contributed by atoms with Crippen LogP contribution in [0.3, 0.4) is 0 Å². The maximum Gasteiger partial charge on any atom is 0.357 e. The van der Waals surface area contributed by atoms with Crippen molar-refractivity contribution in [2.75, 3.05) is 5.32 Å². The molecule has 0 aliphatic carbocycles. The average molecular weight is 219 g/mol. The second-order valence-electron chi connectivity index (χ2n) is 3.32. The summed E-state index contributed by atoms with van der Waals surface area (Å²) >= 11 is 0. The molecule has 0 spiro atoms. The van der Waals surface area contributed by atoms with Crippen LogP contribution in [0.2, 0.25) is 0 Å². The molecule has 0 aliphatic heterocycles. The van der Waals surface area contributed by atoms with Crippen LogP contribution in [0, 0.1) is 0 Å². The van der Waals surface area contributed by atoms with Crippen LogP contribution >= 0.6 is 0 Å². The fraction of sp³-hybridized carbons (Fsp3) is 0.100. The minimum atomic E-state index is -1.11. The van der Waals surface area contributed by atoms with E-state index in [9.17, 15) is 9.59 Å². The van der Waals surface area contributed by atoms with Gasteiger partial charge in [0.1, 0.15) is 0 Å². The molecule has 0 atom stereocenters. The Labute approximate surface area is 90.3 Å². The Bertz CT molecular complexity index is 574. The first-order valence-electron chi connectivity index (χ1n) is 4.57. The van der Waals surface area contributed by atoms with Gasteiger partial charge < -0.3 is 10.4 Å². The Kier molecular flexibility index (Phi) is 2.32. The number of fused-ring (bicyclic) bond motifs is 1. The highest BCUT2D eigenvalue weighted by molar-refractivity contribution is 6.02. The van der Waals surface area contributed by atoms with Gasteiger partial charge in [-0.2, -0.15) is 5.10 Å². The Morgan fingerprint density at radius 3 is 2.81 bits per heavy atom. The number of carboxylic acid groups (broad SMARTS) is 1. The van der Waals surface area contributed by atoms with Gasteiger partial charge in [0.05, 0.1) is 5.52 Å². The molecular weight excluding hydrogens is 210 g/mol. The Morgan fingerprint density at radius 1 is 1.44 bits per heavy atom. The number of carboxylic acids is 1. The van der Waals surface area contributed by atoms with Crippen molar-refractivity contribution in [3.8, 4) is 0 Å². The number of aromatic amines is 1. The predicted molar refractivity (Wildman–Crippen MR) is 57.4 cm³/mol. The van der Waals surface area contributed by atoms with Gasteiger partial charge in [-0.25, -0.2) is 4.79 Å². The van der Waals surface area contributed by atoms with Crippen LogP contribution in [0.15, 0.2) is 18.2 Å². The lowest BCUT2D eigenvalue weighted by molar-refractivity contribution is -0.114. The molecule has 0 aliphatic rings. The third kappa shape index (κ3) is 1.72. The van der Waals surface area contributed by atoms with Crippen molar-refractivity contribution in [1.82, 2.24) is 10.2 Å². The van der Waals surface area contributed by atoms with Crippen LogP contribution in [0.25, 0.3) is 10.9 Å². The second kappa shape index (κ2) is 3.65. The first kappa shape index (κ1) is 10.2. The number of H-pyrrole nitrogens is 1. The van der Waals surface area contributed by atoms with E-state index in [2.05, 4.69) is 15.5 Å². The van der Waals surface area contributed by atoms with E-state index in [1.54, 1.807) is 18.2 Å². The van der Waals surface area contributed by atoms with Gasteiger partial charge in [-0.1, -0.05) is 0 Å². The minimum absolute atomic E-state index is 0.0535. The van der Waals surface area contributed by atoms with Crippen molar-refractivity contribution in [2.24, 2.45) is 0 Å². The first-order chi connectivity index (χ1) is 7.58. The van der Waals surface area contributed by atoms with Crippen molar-refractivity contribution < 1.29 is 14.7 Å². The summed E-state index contributed by atoms with van der Waals surface area (Å²) in [6.45, 7) is 1.39. The van der Waals surface area contributed by atoms with Crippen molar-refractivity contribution in [3.05, 3.63) is 23.9 Å². The van der Waals surface area contributed by atoms with Crippen molar-refractivity contribution in [1.29, 1.82) is 0 Å². The van der Waals surface area contributed by atoms with E-state index in [4.69, 9.17) is 5.11 Å². The van der Waals surface area contributed by atoms with Gasteiger partial charge in [0.25, 0.3) is 0 Å². The van der Waals surface area contributed by atoms with Crippen LogP contribution in [-0.4, -0.2) is 27.2 Å². The summed E-state index contributed by atoms with van der Waals surface area (Å²) in [5.41, 5.74) is 1.11. The van der Waals surface area contributed by atoms with Crippen molar-refractivity contribution >= 4 is 28.5 Å². The number of aromatic carboxylic acids is 1. The van der Waals surface area contributed by atoms with Gasteiger partial charge in [0.15, 0.2) is 5.69 Å². The number of hydrogen-bond donors (Lipinski definition) is 3. The minimum Gasteiger partial charge on any atom is -0.476 e. The fourth-order valence-corrected chi connectivity index (χ4v) is 1.46. The van der Waals surface area contributed by atoms with Crippen LogP contribution in [0.4, 0.5) is 5.69 Å². The van der Waals surface area contributed by atoms with Gasteiger partial charge in [-0.3, -0.25) is 9.89 Å². The molecule has 0 saturated heterocycles. The zero-order valence-electron chi connectivity index (χ0n) is 8.44. The molecule has 2 rings (SSSR count). The van der Waals surface area contributed by atoms with E-state index in [-0.39, 0.29) is 11.6 Å². The molecule has 0 unspecified atom stereocenters. The van der Waals surface area contributed by atoms with Gasteiger partial charge in [-0.15, -0.1) is 0 Å². The molecule has 3 N–H and O–H groups in total. The van der Waals surface area contributed by atoms with E-state index in [0.29, 0.717) is 16.6 Å². The number of benzene rings is 1. The lowest BCUT2D eigenvalue weighted by atomic mass is 10.2. The van der Waals surface area contributed by atoms with Crippen LogP contribution in [-0.2, 0) is 4.79 Å². The molecule has 1 heterocycles. The highest BCUT2D eigenvalue weighted by Crippen LogP contribution is 2.20. The first-order valence-corrected chi connectivity index (χ1v) is 4.57. The molecule has 0 fully saturated rings. The van der Waals surface area contributed by atoms with Gasteiger partial charge in [0.2, 0.25) is 5.91 Å². The highest BCUT2D eigenvalue weighted by atomic mass is 16.4. The topological polar surface area (TPSA) is 95.1 Å². The summed E-state index contributed by atoms with van der Waals surface area (Å²) in [5.74, 6) is -1.31. The maximum atomic E-state index is 10.9. The molecule has 16 heavy (non-hydrogen) atoms. The monoisotopic (exact) mass is 219 g/mol. The average Bonchev–Trinajstić information content (AvgIpc) is 2.59. The summed E-state index contributed by atoms with van der Waals surface area (Å²) in [5, 5.41) is 18.2. The quantitative estimate of drug-likeness (QED) is 0.707. The molecule has 6 nitrogen and oxygen atoms in total. The third-order valence-electron chi connectivity index (χ3n) is 2.09. The van der Waals surface area contributed by atoms with E-state index in [0.717, 1.165) is 0 Å².